The summed E-state index contributed by atoms with van der Waals surface area (Å²) in [4.78, 5) is 0. The van der Waals surface area contributed by atoms with Crippen LogP contribution in [-0.2, 0) is 9.47 Å². The Morgan fingerprint density at radius 3 is 1.93 bits per heavy atom. The number of epoxide rings is 1. The fourth-order valence-corrected chi connectivity index (χ4v) is 3.10. The van der Waals surface area contributed by atoms with Crippen LogP contribution in [0.1, 0.15) is 6.42 Å². The average Bonchev–Trinajstić information content (AvgIpc) is 3.51. The quantitative estimate of drug-likeness (QED) is 0.401. The van der Waals surface area contributed by atoms with Gasteiger partial charge in [-0.15, -0.1) is 15.6 Å². The predicted molar refractivity (Wildman–Crippen MR) is 103 cm³/mol. The molecule has 2 fully saturated rings. The van der Waals surface area contributed by atoms with Crippen molar-refractivity contribution in [3.8, 4) is 11.5 Å². The molecule has 2 N–H and O–H groups in total. The lowest BCUT2D eigenvalue weighted by Crippen LogP contribution is -2.61. The molecule has 2 saturated heterocycles. The van der Waals surface area contributed by atoms with E-state index in [-0.39, 0.29) is 17.1 Å². The molecule has 2 aliphatic heterocycles. The zero-order chi connectivity index (χ0) is 18.7. The maximum Gasteiger partial charge on any atom is 0.202 e. The Kier molecular flexibility index (Phi) is 5.29. The van der Waals surface area contributed by atoms with Crippen molar-refractivity contribution in [2.24, 2.45) is 0 Å². The SMILES string of the molecule is CN[N+](NC)(c1ccc(OCC2CO2)cc1)c1ccc(OC2CCO2)cc1. The van der Waals surface area contributed by atoms with Gasteiger partial charge >= 0.3 is 0 Å². The summed E-state index contributed by atoms with van der Waals surface area (Å²) in [6.07, 6.45) is 1.08. The highest BCUT2D eigenvalue weighted by atomic mass is 16.7. The second kappa shape index (κ2) is 7.84. The smallest absolute Gasteiger partial charge is 0.202 e. The summed E-state index contributed by atoms with van der Waals surface area (Å²) in [7, 11) is 3.83. The highest BCUT2D eigenvalue weighted by molar-refractivity contribution is 5.58. The van der Waals surface area contributed by atoms with Gasteiger partial charge in [-0.3, -0.25) is 0 Å². The van der Waals surface area contributed by atoms with E-state index >= 15 is 0 Å². The van der Waals surface area contributed by atoms with Gasteiger partial charge in [0.1, 0.15) is 24.2 Å². The van der Waals surface area contributed by atoms with Crippen molar-refractivity contribution >= 4 is 11.4 Å². The molecule has 7 heteroatoms. The third-order valence-corrected chi connectivity index (χ3v) is 4.88. The Labute approximate surface area is 159 Å². The van der Waals surface area contributed by atoms with E-state index in [0.29, 0.717) is 6.61 Å². The normalized spacial score (nSPS) is 21.4. The minimum absolute atomic E-state index is 0.114. The Bertz CT molecular complexity index is 739. The molecule has 2 heterocycles. The van der Waals surface area contributed by atoms with Crippen LogP contribution in [0.25, 0.3) is 0 Å². The zero-order valence-electron chi connectivity index (χ0n) is 15.7. The summed E-state index contributed by atoms with van der Waals surface area (Å²) in [6, 6.07) is 16.0. The number of hydrogen-bond donors (Lipinski definition) is 2. The predicted octanol–water partition coefficient (Wildman–Crippen LogP) is 2.50. The highest BCUT2D eigenvalue weighted by Crippen LogP contribution is 2.33. The molecule has 0 bridgehead atoms. The third kappa shape index (κ3) is 3.92. The van der Waals surface area contributed by atoms with Gasteiger partial charge < -0.3 is 18.9 Å². The summed E-state index contributed by atoms with van der Waals surface area (Å²) in [5.41, 5.74) is 8.78. The van der Waals surface area contributed by atoms with Gasteiger partial charge in [0.2, 0.25) is 6.29 Å². The monoisotopic (exact) mass is 372 g/mol. The topological polar surface area (TPSA) is 64.3 Å². The third-order valence-electron chi connectivity index (χ3n) is 4.88. The Morgan fingerprint density at radius 1 is 0.926 bits per heavy atom. The van der Waals surface area contributed by atoms with Gasteiger partial charge in [-0.05, 0) is 24.3 Å². The molecule has 0 saturated carbocycles. The van der Waals surface area contributed by atoms with E-state index in [9.17, 15) is 0 Å². The first-order chi connectivity index (χ1) is 13.2. The van der Waals surface area contributed by atoms with Crippen molar-refractivity contribution < 1.29 is 18.9 Å². The minimum atomic E-state index is -0.114. The maximum atomic E-state index is 5.76. The molecule has 27 heavy (non-hydrogen) atoms. The lowest BCUT2D eigenvalue weighted by atomic mass is 10.2. The van der Waals surface area contributed by atoms with Crippen molar-refractivity contribution in [3.63, 3.8) is 0 Å². The number of benzene rings is 2. The van der Waals surface area contributed by atoms with Crippen LogP contribution >= 0.6 is 0 Å². The Balaban J connectivity index is 1.51. The van der Waals surface area contributed by atoms with E-state index in [1.807, 2.05) is 62.6 Å². The number of rotatable bonds is 9. The van der Waals surface area contributed by atoms with Gasteiger partial charge in [-0.2, -0.15) is 0 Å². The van der Waals surface area contributed by atoms with Gasteiger partial charge in [-0.1, -0.05) is 0 Å². The lowest BCUT2D eigenvalue weighted by molar-refractivity contribution is -0.165. The molecule has 0 spiro atoms. The van der Waals surface area contributed by atoms with Gasteiger partial charge in [0.05, 0.1) is 13.2 Å². The molecule has 0 radical (unpaired) electrons. The molecule has 4 rings (SSSR count). The maximum absolute atomic E-state index is 5.76. The lowest BCUT2D eigenvalue weighted by Gasteiger charge is -2.34. The Hall–Kier alpha value is -2.16. The van der Waals surface area contributed by atoms with Crippen molar-refractivity contribution in [2.45, 2.75) is 18.8 Å². The van der Waals surface area contributed by atoms with E-state index in [1.165, 1.54) is 0 Å². The standard InChI is InChI=1S/C20H26N3O4/c1-21-23(22-2,15-3-7-17(8-4-15)25-13-19-14-26-19)16-5-9-18(10-6-16)27-20-11-12-24-20/h3-10,19-22H,11-14H2,1-2H3/q+1. The van der Waals surface area contributed by atoms with Crippen LogP contribution in [0.2, 0.25) is 0 Å². The number of nitrogens with one attached hydrogen (secondary N) is 2. The summed E-state index contributed by atoms with van der Waals surface area (Å²) >= 11 is 0. The number of hydrogen-bond acceptors (Lipinski definition) is 6. The van der Waals surface area contributed by atoms with Crippen molar-refractivity contribution in [2.75, 3.05) is 33.9 Å². The fraction of sp³-hybridized carbons (Fsp3) is 0.400. The minimum Gasteiger partial charge on any atom is -0.491 e. The zero-order valence-corrected chi connectivity index (χ0v) is 15.7. The molecule has 2 unspecified atom stereocenters. The molecular formula is C20H26N3O4+. The number of ether oxygens (including phenoxy) is 4. The largest absolute Gasteiger partial charge is 0.491 e. The summed E-state index contributed by atoms with van der Waals surface area (Å²) in [5.74, 6) is 1.64. The van der Waals surface area contributed by atoms with Crippen LogP contribution < -0.4 is 25.0 Å². The molecule has 0 aliphatic carbocycles. The first-order valence-corrected chi connectivity index (χ1v) is 9.24. The summed E-state index contributed by atoms with van der Waals surface area (Å²) < 4.78 is 22.3. The average molecular weight is 372 g/mol. The highest BCUT2D eigenvalue weighted by Gasteiger charge is 2.32. The molecule has 7 nitrogen and oxygen atoms in total. The molecule has 2 aliphatic rings. The molecule has 2 atom stereocenters. The number of nitrogens with zero attached hydrogens (tertiary/aromatic N) is 1. The van der Waals surface area contributed by atoms with Crippen LogP contribution in [0.15, 0.2) is 48.5 Å². The fourth-order valence-electron chi connectivity index (χ4n) is 3.10. The molecule has 144 valence electrons. The van der Waals surface area contributed by atoms with E-state index in [1.54, 1.807) is 0 Å². The molecule has 0 amide bonds. The van der Waals surface area contributed by atoms with Gasteiger partial charge in [0.15, 0.2) is 11.4 Å². The molecule has 2 aromatic carbocycles. The van der Waals surface area contributed by atoms with Crippen molar-refractivity contribution in [3.05, 3.63) is 48.5 Å². The van der Waals surface area contributed by atoms with Gasteiger partial charge in [0, 0.05) is 44.8 Å². The van der Waals surface area contributed by atoms with Crippen LogP contribution in [0.3, 0.4) is 0 Å². The molecule has 0 aromatic heterocycles. The van der Waals surface area contributed by atoms with Crippen LogP contribution in [-0.4, -0.2) is 46.3 Å². The second-order valence-corrected chi connectivity index (χ2v) is 6.58. The van der Waals surface area contributed by atoms with Gasteiger partial charge in [0.25, 0.3) is 0 Å². The first kappa shape index (κ1) is 18.2. The molecule has 2 aromatic rings. The Morgan fingerprint density at radius 2 is 1.48 bits per heavy atom. The van der Waals surface area contributed by atoms with Crippen LogP contribution in [0.5, 0.6) is 11.5 Å². The van der Waals surface area contributed by atoms with E-state index in [0.717, 1.165) is 42.5 Å². The van der Waals surface area contributed by atoms with Crippen LogP contribution in [0.4, 0.5) is 11.4 Å². The second-order valence-electron chi connectivity index (χ2n) is 6.58. The summed E-state index contributed by atoms with van der Waals surface area (Å²) in [6.45, 7) is 2.17. The van der Waals surface area contributed by atoms with Gasteiger partial charge in [-0.25, -0.2) is 0 Å². The van der Waals surface area contributed by atoms with Crippen molar-refractivity contribution in [1.82, 2.24) is 15.6 Å². The van der Waals surface area contributed by atoms with E-state index < -0.39 is 0 Å². The van der Waals surface area contributed by atoms with Crippen LogP contribution in [0, 0.1) is 0 Å². The number of quaternary nitrogens is 1. The van der Waals surface area contributed by atoms with E-state index in [2.05, 4.69) is 10.9 Å². The van der Waals surface area contributed by atoms with Crippen molar-refractivity contribution in [1.29, 1.82) is 0 Å². The summed E-state index contributed by atoms with van der Waals surface area (Å²) in [5, 5.41) is 0. The first-order valence-electron chi connectivity index (χ1n) is 9.24. The molecular weight excluding hydrogens is 346 g/mol. The van der Waals surface area contributed by atoms with E-state index in [4.69, 9.17) is 18.9 Å².